The van der Waals surface area contributed by atoms with E-state index >= 15 is 0 Å². The van der Waals surface area contributed by atoms with Crippen molar-refractivity contribution in [3.8, 4) is 0 Å². The van der Waals surface area contributed by atoms with Crippen LogP contribution < -0.4 is 5.32 Å². The molecule has 0 radical (unpaired) electrons. The first-order chi connectivity index (χ1) is 11.2. The minimum Gasteiger partial charge on any atom is -0.356 e. The van der Waals surface area contributed by atoms with E-state index in [1.165, 1.54) is 6.54 Å². The Kier molecular flexibility index (Phi) is 10.2. The fraction of sp³-hybridized carbons (Fsp3) is 0.812. The van der Waals surface area contributed by atoms with Crippen LogP contribution in [0.5, 0.6) is 0 Å². The van der Waals surface area contributed by atoms with E-state index in [0.717, 1.165) is 64.0 Å². The fourth-order valence-electron chi connectivity index (χ4n) is 2.95. The fourth-order valence-corrected chi connectivity index (χ4v) is 2.95. The van der Waals surface area contributed by atoms with Crippen LogP contribution in [-0.4, -0.2) is 76.8 Å². The number of unbranched alkanes of at least 4 members (excludes halogenated alkanes) is 1. The summed E-state index contributed by atoms with van der Waals surface area (Å²) in [5, 5.41) is 11.1. The topological polar surface area (TPSA) is 61.6 Å². The maximum atomic E-state index is 4.43. The number of hydrogen-bond donors (Lipinski definition) is 1. The van der Waals surface area contributed by atoms with Gasteiger partial charge in [-0.25, -0.2) is 0 Å². The summed E-state index contributed by atoms with van der Waals surface area (Å²) in [5.41, 5.74) is 0. The lowest BCUT2D eigenvalue weighted by molar-refractivity contribution is 0.164. The van der Waals surface area contributed by atoms with E-state index in [9.17, 15) is 0 Å². The Labute approximate surface area is 162 Å². The van der Waals surface area contributed by atoms with Gasteiger partial charge >= 0.3 is 0 Å². The number of aliphatic imine (C=N–C) groups is 1. The highest BCUT2D eigenvalue weighted by Gasteiger charge is 2.19. The van der Waals surface area contributed by atoms with Crippen molar-refractivity contribution in [1.82, 2.24) is 29.9 Å². The summed E-state index contributed by atoms with van der Waals surface area (Å²) in [6.45, 7) is 12.1. The van der Waals surface area contributed by atoms with Gasteiger partial charge in [-0.15, -0.1) is 34.2 Å². The van der Waals surface area contributed by atoms with Crippen LogP contribution in [0.2, 0.25) is 0 Å². The van der Waals surface area contributed by atoms with Gasteiger partial charge in [0.2, 0.25) is 0 Å². The molecule has 1 N–H and O–H groups in total. The number of aromatic nitrogens is 3. The Balaban J connectivity index is 0.00000288. The SMILES string of the molecule is CN=C(NCCCCn1cnnc1)N1CCN(CC(C)C)CC1.I. The van der Waals surface area contributed by atoms with Gasteiger partial charge in [0.05, 0.1) is 0 Å². The van der Waals surface area contributed by atoms with Gasteiger partial charge in [0.1, 0.15) is 12.7 Å². The third-order valence-electron chi connectivity index (χ3n) is 4.10. The van der Waals surface area contributed by atoms with Crippen LogP contribution in [-0.2, 0) is 6.54 Å². The summed E-state index contributed by atoms with van der Waals surface area (Å²) in [6.07, 6.45) is 5.76. The number of piperazine rings is 1. The van der Waals surface area contributed by atoms with Crippen molar-refractivity contribution in [2.45, 2.75) is 33.2 Å². The monoisotopic (exact) mass is 449 g/mol. The van der Waals surface area contributed by atoms with E-state index in [0.29, 0.717) is 0 Å². The average Bonchev–Trinajstić information content (AvgIpc) is 3.05. The molecule has 24 heavy (non-hydrogen) atoms. The van der Waals surface area contributed by atoms with Gasteiger partial charge in [0.25, 0.3) is 0 Å². The molecule has 1 aliphatic heterocycles. The van der Waals surface area contributed by atoms with Gasteiger partial charge < -0.3 is 14.8 Å². The molecule has 0 spiro atoms. The van der Waals surface area contributed by atoms with Crippen LogP contribution in [0.25, 0.3) is 0 Å². The Hall–Kier alpha value is -0.900. The van der Waals surface area contributed by atoms with Crippen LogP contribution in [0.4, 0.5) is 0 Å². The van der Waals surface area contributed by atoms with E-state index in [1.54, 1.807) is 12.7 Å². The number of hydrogen-bond acceptors (Lipinski definition) is 4. The highest BCUT2D eigenvalue weighted by molar-refractivity contribution is 14.0. The summed E-state index contributed by atoms with van der Waals surface area (Å²) in [5.74, 6) is 1.78. The van der Waals surface area contributed by atoms with Crippen LogP contribution in [0.15, 0.2) is 17.6 Å². The molecule has 0 aromatic carbocycles. The number of halogens is 1. The van der Waals surface area contributed by atoms with Gasteiger partial charge in [-0.3, -0.25) is 9.89 Å². The van der Waals surface area contributed by atoms with Crippen molar-refractivity contribution in [2.75, 3.05) is 46.3 Å². The maximum Gasteiger partial charge on any atom is 0.193 e. The first kappa shape index (κ1) is 21.1. The second-order valence-corrected chi connectivity index (χ2v) is 6.56. The predicted octanol–water partition coefficient (Wildman–Crippen LogP) is 1.53. The van der Waals surface area contributed by atoms with Gasteiger partial charge in [-0.05, 0) is 18.8 Å². The number of nitrogens with one attached hydrogen (secondary N) is 1. The lowest BCUT2D eigenvalue weighted by Crippen LogP contribution is -2.53. The van der Waals surface area contributed by atoms with Crippen LogP contribution in [0, 0.1) is 5.92 Å². The molecular formula is C16H32IN7. The van der Waals surface area contributed by atoms with Crippen molar-refractivity contribution in [1.29, 1.82) is 0 Å². The first-order valence-electron chi connectivity index (χ1n) is 8.69. The summed E-state index contributed by atoms with van der Waals surface area (Å²) < 4.78 is 2.02. The number of aryl methyl sites for hydroxylation is 1. The van der Waals surface area contributed by atoms with Crippen molar-refractivity contribution >= 4 is 29.9 Å². The zero-order chi connectivity index (χ0) is 16.5. The zero-order valence-corrected chi connectivity index (χ0v) is 17.5. The Morgan fingerprint density at radius 3 is 2.38 bits per heavy atom. The Bertz CT molecular complexity index is 453. The molecule has 2 rings (SSSR count). The molecule has 0 unspecified atom stereocenters. The van der Waals surface area contributed by atoms with Crippen molar-refractivity contribution in [3.63, 3.8) is 0 Å². The Morgan fingerprint density at radius 2 is 1.79 bits per heavy atom. The molecule has 7 nitrogen and oxygen atoms in total. The highest BCUT2D eigenvalue weighted by atomic mass is 127. The zero-order valence-electron chi connectivity index (χ0n) is 15.2. The average molecular weight is 449 g/mol. The van der Waals surface area contributed by atoms with E-state index in [4.69, 9.17) is 0 Å². The van der Waals surface area contributed by atoms with Crippen LogP contribution >= 0.6 is 24.0 Å². The van der Waals surface area contributed by atoms with Gasteiger partial charge in [-0.2, -0.15) is 0 Å². The lowest BCUT2D eigenvalue weighted by Gasteiger charge is -2.37. The normalized spacial score (nSPS) is 16.3. The summed E-state index contributed by atoms with van der Waals surface area (Å²) in [7, 11) is 1.87. The molecular weight excluding hydrogens is 417 g/mol. The summed E-state index contributed by atoms with van der Waals surface area (Å²) >= 11 is 0. The molecule has 0 aliphatic carbocycles. The van der Waals surface area contributed by atoms with Gasteiger partial charge in [0, 0.05) is 52.9 Å². The van der Waals surface area contributed by atoms with Crippen molar-refractivity contribution < 1.29 is 0 Å². The number of nitrogens with zero attached hydrogens (tertiary/aromatic N) is 6. The molecule has 138 valence electrons. The third-order valence-corrected chi connectivity index (χ3v) is 4.10. The van der Waals surface area contributed by atoms with Gasteiger partial charge in [0.15, 0.2) is 5.96 Å². The Morgan fingerprint density at radius 1 is 1.12 bits per heavy atom. The molecule has 0 amide bonds. The predicted molar refractivity (Wildman–Crippen MR) is 109 cm³/mol. The second-order valence-electron chi connectivity index (χ2n) is 6.56. The molecule has 1 saturated heterocycles. The number of rotatable bonds is 7. The van der Waals surface area contributed by atoms with Crippen molar-refractivity contribution in [2.24, 2.45) is 10.9 Å². The van der Waals surface area contributed by atoms with E-state index < -0.39 is 0 Å². The van der Waals surface area contributed by atoms with E-state index in [2.05, 4.69) is 44.2 Å². The third kappa shape index (κ3) is 7.33. The summed E-state index contributed by atoms with van der Waals surface area (Å²) in [4.78, 5) is 9.35. The highest BCUT2D eigenvalue weighted by Crippen LogP contribution is 2.05. The van der Waals surface area contributed by atoms with Gasteiger partial charge in [-0.1, -0.05) is 13.8 Å². The largest absolute Gasteiger partial charge is 0.356 e. The molecule has 0 bridgehead atoms. The number of guanidine groups is 1. The molecule has 0 atom stereocenters. The van der Waals surface area contributed by atoms with Crippen molar-refractivity contribution in [3.05, 3.63) is 12.7 Å². The van der Waals surface area contributed by atoms with Crippen LogP contribution in [0.3, 0.4) is 0 Å². The van der Waals surface area contributed by atoms with Crippen LogP contribution in [0.1, 0.15) is 26.7 Å². The maximum absolute atomic E-state index is 4.43. The standard InChI is InChI=1S/C16H31N7.HI/c1-15(2)12-21-8-10-23(11-9-21)16(17-3)18-6-4-5-7-22-13-19-20-14-22;/h13-15H,4-12H2,1-3H3,(H,17,18);1H. The molecule has 0 saturated carbocycles. The molecule has 1 aromatic rings. The molecule has 1 fully saturated rings. The smallest absolute Gasteiger partial charge is 0.193 e. The minimum absolute atomic E-state index is 0. The molecule has 1 aromatic heterocycles. The van der Waals surface area contributed by atoms with E-state index in [1.807, 2.05) is 11.6 Å². The second kappa shape index (κ2) is 11.6. The molecule has 8 heteroatoms. The quantitative estimate of drug-likeness (QED) is 0.296. The first-order valence-corrected chi connectivity index (χ1v) is 8.69. The van der Waals surface area contributed by atoms with E-state index in [-0.39, 0.29) is 24.0 Å². The molecule has 1 aliphatic rings. The lowest BCUT2D eigenvalue weighted by atomic mass is 10.2. The summed E-state index contributed by atoms with van der Waals surface area (Å²) in [6, 6.07) is 0. The molecule has 2 heterocycles. The minimum atomic E-state index is 0.